The summed E-state index contributed by atoms with van der Waals surface area (Å²) in [7, 11) is 1.29. The van der Waals surface area contributed by atoms with Gasteiger partial charge in [0, 0.05) is 5.56 Å². The van der Waals surface area contributed by atoms with Crippen LogP contribution in [0, 0.1) is 13.8 Å². The van der Waals surface area contributed by atoms with E-state index in [9.17, 15) is 9.90 Å². The van der Waals surface area contributed by atoms with Crippen molar-refractivity contribution in [1.29, 1.82) is 0 Å². The third-order valence-corrected chi connectivity index (χ3v) is 3.38. The molecule has 0 radical (unpaired) electrons. The zero-order chi connectivity index (χ0) is 16.8. The predicted molar refractivity (Wildman–Crippen MR) is 85.2 cm³/mol. The molecular weight excluding hydrogens is 333 g/mol. The van der Waals surface area contributed by atoms with E-state index in [2.05, 4.69) is 9.99 Å². The normalized spacial score (nSPS) is 10.7. The molecule has 0 saturated carbocycles. The Bertz CT molecular complexity index is 744. The molecule has 2 aromatic carbocycles. The molecule has 0 aromatic heterocycles. The molecule has 0 spiro atoms. The van der Waals surface area contributed by atoms with Crippen molar-refractivity contribution in [3.63, 3.8) is 0 Å². The maximum absolute atomic E-state index is 11.3. The molecule has 120 valence electrons. The summed E-state index contributed by atoms with van der Waals surface area (Å²) in [6.07, 6.45) is 0. The Hall–Kier alpha value is -1.18. The predicted octanol–water partition coefficient (Wildman–Crippen LogP) is -1.01. The minimum atomic E-state index is -1.40. The van der Waals surface area contributed by atoms with Gasteiger partial charge in [-0.2, -0.15) is 0 Å². The molecule has 24 heavy (non-hydrogen) atoms. The van der Waals surface area contributed by atoms with Gasteiger partial charge in [0.15, 0.2) is 0 Å². The molecule has 2 aromatic rings. The number of hydrogen-bond acceptors (Lipinski definition) is 5. The number of ether oxygens (including phenoxy) is 1. The van der Waals surface area contributed by atoms with E-state index < -0.39 is 5.97 Å². The SMILES string of the molecule is CO/N=C(/C(=O)[O-])c1ccccc1COc1cc(C)ccc1C.[K+]. The van der Waals surface area contributed by atoms with Crippen LogP contribution in [0.2, 0.25) is 0 Å². The summed E-state index contributed by atoms with van der Waals surface area (Å²) in [5, 5.41) is 14.8. The van der Waals surface area contributed by atoms with E-state index in [4.69, 9.17) is 4.74 Å². The fraction of sp³-hybridized carbons (Fsp3) is 0.222. The van der Waals surface area contributed by atoms with Crippen LogP contribution in [0.25, 0.3) is 0 Å². The maximum Gasteiger partial charge on any atom is 1.00 e. The maximum atomic E-state index is 11.3. The number of oxime groups is 1. The standard InChI is InChI=1S/C18H19NO4.K/c1-12-8-9-13(2)16(10-12)23-11-14-6-4-5-7-15(14)17(18(20)21)19-22-3;/h4-10H,11H2,1-3H3,(H,20,21);/q;+1/p-1/b19-17+;. The average Bonchev–Trinajstić information content (AvgIpc) is 2.53. The Balaban J connectivity index is 0.00000288. The third kappa shape index (κ3) is 5.43. The Morgan fingerprint density at radius 3 is 2.54 bits per heavy atom. The molecule has 2 rings (SSSR count). The summed E-state index contributed by atoms with van der Waals surface area (Å²) in [5.41, 5.74) is 2.95. The van der Waals surface area contributed by atoms with Gasteiger partial charge in [-0.05, 0) is 36.6 Å². The number of rotatable bonds is 6. The number of nitrogens with zero attached hydrogens (tertiary/aromatic N) is 1. The molecule has 0 unspecified atom stereocenters. The van der Waals surface area contributed by atoms with Crippen LogP contribution in [0.4, 0.5) is 0 Å². The number of aryl methyl sites for hydroxylation is 2. The minimum Gasteiger partial charge on any atom is -0.543 e. The van der Waals surface area contributed by atoms with Gasteiger partial charge in [-0.1, -0.05) is 41.6 Å². The molecule has 0 heterocycles. The monoisotopic (exact) mass is 351 g/mol. The first-order chi connectivity index (χ1) is 11.0. The van der Waals surface area contributed by atoms with Crippen molar-refractivity contribution in [3.8, 4) is 5.75 Å². The van der Waals surface area contributed by atoms with Gasteiger partial charge >= 0.3 is 51.4 Å². The number of aliphatic carboxylic acids is 1. The van der Waals surface area contributed by atoms with Gasteiger partial charge in [0.2, 0.25) is 0 Å². The van der Waals surface area contributed by atoms with E-state index in [0.29, 0.717) is 11.1 Å². The van der Waals surface area contributed by atoms with Crippen molar-refractivity contribution >= 4 is 11.7 Å². The number of hydrogen-bond donors (Lipinski definition) is 0. The third-order valence-electron chi connectivity index (χ3n) is 3.38. The van der Waals surface area contributed by atoms with Crippen LogP contribution < -0.4 is 61.2 Å². The molecular formula is C18H18KNO4. The second-order valence-electron chi connectivity index (χ2n) is 5.12. The van der Waals surface area contributed by atoms with Crippen LogP contribution in [0.5, 0.6) is 5.75 Å². The van der Waals surface area contributed by atoms with E-state index in [0.717, 1.165) is 16.9 Å². The summed E-state index contributed by atoms with van der Waals surface area (Å²) in [4.78, 5) is 15.9. The van der Waals surface area contributed by atoms with E-state index in [-0.39, 0.29) is 63.7 Å². The Morgan fingerprint density at radius 2 is 1.88 bits per heavy atom. The van der Waals surface area contributed by atoms with Gasteiger partial charge in [0.1, 0.15) is 25.2 Å². The minimum absolute atomic E-state index is 0. The number of carbonyl (C=O) groups excluding carboxylic acids is 1. The van der Waals surface area contributed by atoms with Crippen LogP contribution in [-0.4, -0.2) is 18.8 Å². The van der Waals surface area contributed by atoms with E-state index in [1.165, 1.54) is 7.11 Å². The molecule has 0 amide bonds. The molecule has 6 heteroatoms. The van der Waals surface area contributed by atoms with Gasteiger partial charge in [-0.25, -0.2) is 0 Å². The second kappa shape index (κ2) is 9.95. The largest absolute Gasteiger partial charge is 1.00 e. The van der Waals surface area contributed by atoms with Gasteiger partial charge < -0.3 is 19.5 Å². The van der Waals surface area contributed by atoms with E-state index >= 15 is 0 Å². The average molecular weight is 351 g/mol. The summed E-state index contributed by atoms with van der Waals surface area (Å²) in [5.74, 6) is -0.635. The summed E-state index contributed by atoms with van der Waals surface area (Å²) in [6, 6.07) is 12.9. The van der Waals surface area contributed by atoms with Crippen molar-refractivity contribution < 1.29 is 70.9 Å². The molecule has 0 fully saturated rings. The van der Waals surface area contributed by atoms with Crippen molar-refractivity contribution in [3.05, 3.63) is 64.7 Å². The van der Waals surface area contributed by atoms with E-state index in [1.807, 2.05) is 38.1 Å². The molecule has 0 bridgehead atoms. The molecule has 0 N–H and O–H groups in total. The molecule has 0 aliphatic rings. The first-order valence-electron chi connectivity index (χ1n) is 7.13. The van der Waals surface area contributed by atoms with Crippen LogP contribution >= 0.6 is 0 Å². The first kappa shape index (κ1) is 20.9. The number of benzene rings is 2. The van der Waals surface area contributed by atoms with Crippen LogP contribution in [0.15, 0.2) is 47.6 Å². The van der Waals surface area contributed by atoms with Gasteiger partial charge in [-0.15, -0.1) is 0 Å². The van der Waals surface area contributed by atoms with Crippen LogP contribution in [0.1, 0.15) is 22.3 Å². The fourth-order valence-electron chi connectivity index (χ4n) is 2.18. The molecule has 0 aliphatic heterocycles. The topological polar surface area (TPSA) is 71.0 Å². The van der Waals surface area contributed by atoms with Gasteiger partial charge in [0.25, 0.3) is 0 Å². The second-order valence-corrected chi connectivity index (χ2v) is 5.12. The Labute approximate surface area is 184 Å². The Kier molecular flexibility index (Phi) is 8.65. The molecule has 0 saturated heterocycles. The summed E-state index contributed by atoms with van der Waals surface area (Å²) in [6.45, 7) is 4.16. The van der Waals surface area contributed by atoms with Gasteiger partial charge in [-0.3, -0.25) is 0 Å². The summed E-state index contributed by atoms with van der Waals surface area (Å²) < 4.78 is 5.84. The number of carboxylic acids is 1. The Morgan fingerprint density at radius 1 is 1.17 bits per heavy atom. The molecule has 5 nitrogen and oxygen atoms in total. The number of carbonyl (C=O) groups is 1. The zero-order valence-electron chi connectivity index (χ0n) is 14.3. The van der Waals surface area contributed by atoms with Crippen LogP contribution in [0.3, 0.4) is 0 Å². The van der Waals surface area contributed by atoms with Gasteiger partial charge in [0.05, 0.1) is 5.97 Å². The van der Waals surface area contributed by atoms with Crippen molar-refractivity contribution in [2.75, 3.05) is 7.11 Å². The fourth-order valence-corrected chi connectivity index (χ4v) is 2.18. The first-order valence-corrected chi connectivity index (χ1v) is 7.13. The molecule has 0 atom stereocenters. The zero-order valence-corrected chi connectivity index (χ0v) is 17.5. The van der Waals surface area contributed by atoms with Crippen molar-refractivity contribution in [2.45, 2.75) is 20.5 Å². The molecule has 0 aliphatic carbocycles. The van der Waals surface area contributed by atoms with Crippen molar-refractivity contribution in [1.82, 2.24) is 0 Å². The van der Waals surface area contributed by atoms with Crippen LogP contribution in [-0.2, 0) is 16.2 Å². The van der Waals surface area contributed by atoms with Crippen molar-refractivity contribution in [2.24, 2.45) is 5.16 Å². The quantitative estimate of drug-likeness (QED) is 0.380. The number of carboxylic acid groups (broad SMARTS) is 1. The van der Waals surface area contributed by atoms with E-state index in [1.54, 1.807) is 18.2 Å². The summed E-state index contributed by atoms with van der Waals surface area (Å²) >= 11 is 0. The smallest absolute Gasteiger partial charge is 0.543 e.